The molecule has 8 heteroatoms. The molecule has 1 amide bonds. The average Bonchev–Trinajstić information content (AvgIpc) is 2.99. The minimum atomic E-state index is -0.334. The van der Waals surface area contributed by atoms with Crippen molar-refractivity contribution in [3.05, 3.63) is 58.1 Å². The molecule has 0 unspecified atom stereocenters. The van der Waals surface area contributed by atoms with Crippen LogP contribution in [0.3, 0.4) is 0 Å². The molecule has 1 atom stereocenters. The maximum absolute atomic E-state index is 12.2. The van der Waals surface area contributed by atoms with Gasteiger partial charge < -0.3 is 0 Å². The van der Waals surface area contributed by atoms with Gasteiger partial charge in [-0.15, -0.1) is 11.3 Å². The molecule has 1 N–H and O–H groups in total. The molecule has 25 heavy (non-hydrogen) atoms. The second-order valence-corrected chi connectivity index (χ2v) is 8.51. The molecule has 128 valence electrons. The first-order chi connectivity index (χ1) is 12.0. The minimum absolute atomic E-state index is 0.219. The molecule has 0 bridgehead atoms. The number of carbonyl (C=O) groups is 1. The van der Waals surface area contributed by atoms with Crippen molar-refractivity contribution >= 4 is 68.6 Å². The third kappa shape index (κ3) is 4.52. The molecule has 3 aromatic rings. The van der Waals surface area contributed by atoms with Crippen molar-refractivity contribution in [3.63, 3.8) is 0 Å². The summed E-state index contributed by atoms with van der Waals surface area (Å²) in [6.45, 7) is 1.81. The largest absolute Gasteiger partial charge is 0.272 e. The van der Waals surface area contributed by atoms with Crippen LogP contribution in [0.25, 0.3) is 10.2 Å². The lowest BCUT2D eigenvalue weighted by Crippen LogP contribution is -2.26. The Labute approximate surface area is 163 Å². The molecular formula is C17H13Cl2N3OS2. The number of fused-ring (bicyclic) bond motifs is 1. The Morgan fingerprint density at radius 3 is 2.68 bits per heavy atom. The molecular weight excluding hydrogens is 397 g/mol. The number of hydrogen-bond donors (Lipinski definition) is 1. The van der Waals surface area contributed by atoms with Crippen molar-refractivity contribution in [2.24, 2.45) is 5.10 Å². The topological polar surface area (TPSA) is 54.4 Å². The summed E-state index contributed by atoms with van der Waals surface area (Å²) < 4.78 is 1.95. The van der Waals surface area contributed by atoms with E-state index in [-0.39, 0.29) is 11.2 Å². The zero-order valence-corrected chi connectivity index (χ0v) is 16.2. The van der Waals surface area contributed by atoms with E-state index in [4.69, 9.17) is 23.2 Å². The van der Waals surface area contributed by atoms with Gasteiger partial charge in [0.1, 0.15) is 0 Å². The van der Waals surface area contributed by atoms with E-state index in [0.29, 0.717) is 15.6 Å². The maximum Gasteiger partial charge on any atom is 0.253 e. The number of para-hydroxylation sites is 1. The number of hydrogen-bond acceptors (Lipinski definition) is 5. The second kappa shape index (κ2) is 8.19. The van der Waals surface area contributed by atoms with Crippen molar-refractivity contribution in [3.8, 4) is 0 Å². The Bertz CT molecular complexity index is 889. The van der Waals surface area contributed by atoms with Crippen LogP contribution in [0.2, 0.25) is 10.0 Å². The van der Waals surface area contributed by atoms with E-state index in [2.05, 4.69) is 15.5 Å². The molecule has 0 aliphatic heterocycles. The highest BCUT2D eigenvalue weighted by Crippen LogP contribution is 2.31. The summed E-state index contributed by atoms with van der Waals surface area (Å²) >= 11 is 15.1. The normalized spacial score (nSPS) is 12.6. The van der Waals surface area contributed by atoms with Crippen molar-refractivity contribution in [2.75, 3.05) is 0 Å². The number of amides is 1. The van der Waals surface area contributed by atoms with Gasteiger partial charge in [-0.1, -0.05) is 53.2 Å². The lowest BCUT2D eigenvalue weighted by Gasteiger charge is -2.07. The Morgan fingerprint density at radius 2 is 1.96 bits per heavy atom. The number of halogens is 2. The first kappa shape index (κ1) is 18.2. The van der Waals surface area contributed by atoms with Crippen LogP contribution in [0, 0.1) is 0 Å². The van der Waals surface area contributed by atoms with Crippen LogP contribution in [-0.2, 0) is 4.79 Å². The lowest BCUT2D eigenvalue weighted by atomic mass is 10.2. The number of nitrogens with zero attached hydrogens (tertiary/aromatic N) is 2. The van der Waals surface area contributed by atoms with E-state index in [1.807, 2.05) is 31.2 Å². The quantitative estimate of drug-likeness (QED) is 0.356. The van der Waals surface area contributed by atoms with Crippen molar-refractivity contribution in [2.45, 2.75) is 16.5 Å². The van der Waals surface area contributed by atoms with Gasteiger partial charge in [-0.25, -0.2) is 10.4 Å². The maximum atomic E-state index is 12.2. The summed E-state index contributed by atoms with van der Waals surface area (Å²) in [5.41, 5.74) is 4.01. The third-order valence-corrected chi connectivity index (χ3v) is 6.18. The first-order valence-corrected chi connectivity index (χ1v) is 9.79. The highest BCUT2D eigenvalue weighted by molar-refractivity contribution is 8.02. The smallest absolute Gasteiger partial charge is 0.253 e. The van der Waals surface area contributed by atoms with Crippen LogP contribution in [0.15, 0.2) is 51.9 Å². The standard InChI is InChI=1S/C17H13Cl2N3OS2/c1-10(24-17-21-14-7-2-3-8-15(14)25-17)16(23)22-20-9-11-12(18)5-4-6-13(11)19/h2-10H,1H3,(H,22,23)/b20-9-/t10-/m0/s1. The molecule has 0 fully saturated rings. The fourth-order valence-corrected chi connectivity index (χ4v) is 4.69. The molecule has 4 nitrogen and oxygen atoms in total. The van der Waals surface area contributed by atoms with Gasteiger partial charge in [-0.3, -0.25) is 4.79 Å². The molecule has 1 aromatic heterocycles. The zero-order chi connectivity index (χ0) is 17.8. The van der Waals surface area contributed by atoms with Crippen molar-refractivity contribution in [1.29, 1.82) is 0 Å². The molecule has 0 spiro atoms. The van der Waals surface area contributed by atoms with Crippen LogP contribution in [0.1, 0.15) is 12.5 Å². The zero-order valence-electron chi connectivity index (χ0n) is 13.1. The van der Waals surface area contributed by atoms with Crippen molar-refractivity contribution in [1.82, 2.24) is 10.4 Å². The Balaban J connectivity index is 1.61. The van der Waals surface area contributed by atoms with E-state index in [1.165, 1.54) is 18.0 Å². The van der Waals surface area contributed by atoms with Gasteiger partial charge >= 0.3 is 0 Å². The Morgan fingerprint density at radius 1 is 1.24 bits per heavy atom. The number of benzene rings is 2. The van der Waals surface area contributed by atoms with Gasteiger partial charge in [0.25, 0.3) is 5.91 Å². The SMILES string of the molecule is C[C@H](Sc1nc2ccccc2s1)C(=O)N/N=C\c1c(Cl)cccc1Cl. The molecule has 2 aromatic carbocycles. The van der Waals surface area contributed by atoms with E-state index in [1.54, 1.807) is 29.5 Å². The van der Waals surface area contributed by atoms with Gasteiger partial charge in [0.05, 0.1) is 31.7 Å². The fourth-order valence-electron chi connectivity index (χ4n) is 1.99. The summed E-state index contributed by atoms with van der Waals surface area (Å²) in [6, 6.07) is 13.1. The van der Waals surface area contributed by atoms with E-state index in [0.717, 1.165) is 14.6 Å². The molecule has 0 aliphatic rings. The monoisotopic (exact) mass is 409 g/mol. The minimum Gasteiger partial charge on any atom is -0.272 e. The summed E-state index contributed by atoms with van der Waals surface area (Å²) in [7, 11) is 0. The van der Waals surface area contributed by atoms with Crippen LogP contribution in [-0.4, -0.2) is 22.4 Å². The van der Waals surface area contributed by atoms with Gasteiger partial charge in [0, 0.05) is 5.56 Å². The number of aromatic nitrogens is 1. The highest BCUT2D eigenvalue weighted by Gasteiger charge is 2.16. The van der Waals surface area contributed by atoms with Crippen LogP contribution < -0.4 is 5.43 Å². The predicted molar refractivity (Wildman–Crippen MR) is 107 cm³/mol. The number of thioether (sulfide) groups is 1. The van der Waals surface area contributed by atoms with Crippen molar-refractivity contribution < 1.29 is 4.79 Å². The molecule has 0 saturated carbocycles. The first-order valence-electron chi connectivity index (χ1n) is 7.34. The Kier molecular flexibility index (Phi) is 5.96. The summed E-state index contributed by atoms with van der Waals surface area (Å²) in [6.07, 6.45) is 1.44. The Hall–Kier alpha value is -1.60. The van der Waals surface area contributed by atoms with Gasteiger partial charge in [-0.05, 0) is 31.2 Å². The summed E-state index contributed by atoms with van der Waals surface area (Å²) in [5.74, 6) is -0.219. The number of nitrogens with one attached hydrogen (secondary N) is 1. The summed E-state index contributed by atoms with van der Waals surface area (Å²) in [4.78, 5) is 16.7. The van der Waals surface area contributed by atoms with E-state index >= 15 is 0 Å². The number of rotatable bonds is 5. The van der Waals surface area contributed by atoms with Gasteiger partial charge in [0.2, 0.25) is 0 Å². The van der Waals surface area contributed by atoms with Gasteiger partial charge in [0.15, 0.2) is 4.34 Å². The highest BCUT2D eigenvalue weighted by atomic mass is 35.5. The lowest BCUT2D eigenvalue weighted by molar-refractivity contribution is -0.120. The van der Waals surface area contributed by atoms with Gasteiger partial charge in [-0.2, -0.15) is 5.10 Å². The summed E-state index contributed by atoms with van der Waals surface area (Å²) in [5, 5.41) is 4.56. The van der Waals surface area contributed by atoms with Crippen LogP contribution in [0.5, 0.6) is 0 Å². The number of hydrazone groups is 1. The van der Waals surface area contributed by atoms with E-state index in [9.17, 15) is 4.79 Å². The molecule has 0 aliphatic carbocycles. The molecule has 3 rings (SSSR count). The number of thiazole rings is 1. The third-order valence-electron chi connectivity index (χ3n) is 3.29. The molecule has 0 saturated heterocycles. The second-order valence-electron chi connectivity index (χ2n) is 5.08. The molecule has 0 radical (unpaired) electrons. The van der Waals surface area contributed by atoms with Crippen LogP contribution >= 0.6 is 46.3 Å². The molecule has 1 heterocycles. The number of carbonyl (C=O) groups excluding carboxylic acids is 1. The predicted octanol–water partition coefficient (Wildman–Crippen LogP) is 5.23. The van der Waals surface area contributed by atoms with Crippen LogP contribution in [0.4, 0.5) is 0 Å². The van der Waals surface area contributed by atoms with E-state index < -0.39 is 0 Å². The fraction of sp³-hybridized carbons (Fsp3) is 0.118. The average molecular weight is 410 g/mol.